The second kappa shape index (κ2) is 9.74. The van der Waals surface area contributed by atoms with Crippen molar-refractivity contribution < 1.29 is 23.9 Å². The van der Waals surface area contributed by atoms with E-state index in [2.05, 4.69) is 5.32 Å². The number of amides is 4. The molecule has 1 N–H and O–H groups in total. The summed E-state index contributed by atoms with van der Waals surface area (Å²) in [6.45, 7) is 0.00493. The third-order valence-electron chi connectivity index (χ3n) is 5.79. The van der Waals surface area contributed by atoms with E-state index < -0.39 is 0 Å². The molecule has 0 aliphatic carbocycles. The van der Waals surface area contributed by atoms with Gasteiger partial charge in [-0.05, 0) is 36.1 Å². The van der Waals surface area contributed by atoms with Crippen molar-refractivity contribution in [3.05, 3.63) is 71.8 Å². The number of methoxy groups -OCH3 is 1. The maximum Gasteiger partial charge on any atom is 0.261 e. The predicted molar refractivity (Wildman–Crippen MR) is 128 cm³/mol. The largest absolute Gasteiger partial charge is 0.497 e. The summed E-state index contributed by atoms with van der Waals surface area (Å²) in [7, 11) is 3.08. The van der Waals surface area contributed by atoms with Crippen molar-refractivity contribution in [1.29, 1.82) is 0 Å². The van der Waals surface area contributed by atoms with Crippen LogP contribution < -0.4 is 10.1 Å². The Bertz CT molecular complexity index is 1240. The zero-order valence-corrected chi connectivity index (χ0v) is 19.0. The summed E-state index contributed by atoms with van der Waals surface area (Å²) >= 11 is 0. The molecule has 0 saturated carbocycles. The molecule has 1 heterocycles. The molecule has 1 aliphatic rings. The van der Waals surface area contributed by atoms with Crippen LogP contribution in [0.25, 0.3) is 10.8 Å². The maximum absolute atomic E-state index is 12.9. The highest BCUT2D eigenvalue weighted by molar-refractivity contribution is 6.25. The van der Waals surface area contributed by atoms with Crippen LogP contribution in [0.4, 0.5) is 5.69 Å². The molecule has 8 nitrogen and oxygen atoms in total. The molecule has 3 aromatic rings. The molecule has 0 atom stereocenters. The van der Waals surface area contributed by atoms with E-state index in [9.17, 15) is 19.2 Å². The molecule has 0 unspecified atom stereocenters. The Hall–Kier alpha value is -4.20. The highest BCUT2D eigenvalue weighted by Crippen LogP contribution is 2.30. The van der Waals surface area contributed by atoms with E-state index in [1.807, 2.05) is 12.1 Å². The molecule has 0 bridgehead atoms. The number of carbonyl (C=O) groups excluding carboxylic acids is 4. The van der Waals surface area contributed by atoms with Gasteiger partial charge < -0.3 is 15.0 Å². The summed E-state index contributed by atoms with van der Waals surface area (Å²) < 4.78 is 5.13. The standard InChI is InChI=1S/C26H25N3O5/c1-28(16-22(30)27-18-9-5-10-19(15-18)34-2)23(31)13-6-14-29-25(32)20-11-3-7-17-8-4-12-21(24(17)20)26(29)33/h3-5,7-12,15H,6,13-14,16H2,1-2H3,(H,27,30). The lowest BCUT2D eigenvalue weighted by Gasteiger charge is -2.27. The van der Waals surface area contributed by atoms with E-state index in [1.165, 1.54) is 16.9 Å². The fourth-order valence-electron chi connectivity index (χ4n) is 4.07. The maximum atomic E-state index is 12.9. The van der Waals surface area contributed by atoms with E-state index >= 15 is 0 Å². The lowest BCUT2D eigenvalue weighted by Crippen LogP contribution is -2.41. The number of imide groups is 1. The number of nitrogens with zero attached hydrogens (tertiary/aromatic N) is 2. The molecule has 0 aromatic heterocycles. The third kappa shape index (κ3) is 4.61. The summed E-state index contributed by atoms with van der Waals surface area (Å²) in [4.78, 5) is 53.2. The van der Waals surface area contributed by atoms with Crippen LogP contribution in [0.2, 0.25) is 0 Å². The summed E-state index contributed by atoms with van der Waals surface area (Å²) in [5.74, 6) is -0.682. The van der Waals surface area contributed by atoms with Gasteiger partial charge in [-0.15, -0.1) is 0 Å². The van der Waals surface area contributed by atoms with Gasteiger partial charge in [-0.25, -0.2) is 0 Å². The highest BCUT2D eigenvalue weighted by atomic mass is 16.5. The van der Waals surface area contributed by atoms with Crippen molar-refractivity contribution in [2.45, 2.75) is 12.8 Å². The SMILES string of the molecule is COc1cccc(NC(=O)CN(C)C(=O)CCCN2C(=O)c3cccc4cccc(c34)C2=O)c1. The van der Waals surface area contributed by atoms with Crippen LogP contribution in [-0.2, 0) is 9.59 Å². The van der Waals surface area contributed by atoms with Gasteiger partial charge in [0.1, 0.15) is 5.75 Å². The topological polar surface area (TPSA) is 96.0 Å². The molecule has 4 rings (SSSR count). The number of likely N-dealkylation sites (N-methyl/N-ethyl adjacent to an activating group) is 1. The molecule has 8 heteroatoms. The molecule has 4 amide bonds. The van der Waals surface area contributed by atoms with Gasteiger partial charge in [0.15, 0.2) is 0 Å². The molecule has 34 heavy (non-hydrogen) atoms. The molecule has 0 spiro atoms. The zero-order chi connectivity index (χ0) is 24.2. The molecular weight excluding hydrogens is 434 g/mol. The first-order valence-electron chi connectivity index (χ1n) is 10.9. The average Bonchev–Trinajstić information content (AvgIpc) is 2.84. The van der Waals surface area contributed by atoms with Crippen LogP contribution in [0.15, 0.2) is 60.7 Å². The Morgan fingerprint density at radius 2 is 1.62 bits per heavy atom. The number of nitrogens with one attached hydrogen (secondary N) is 1. The van der Waals surface area contributed by atoms with Gasteiger partial charge in [0, 0.05) is 48.3 Å². The van der Waals surface area contributed by atoms with E-state index in [1.54, 1.807) is 55.6 Å². The summed E-state index contributed by atoms with van der Waals surface area (Å²) in [6, 6.07) is 17.7. The second-order valence-corrected chi connectivity index (χ2v) is 8.10. The van der Waals surface area contributed by atoms with Gasteiger partial charge in [-0.3, -0.25) is 24.1 Å². The fourth-order valence-corrected chi connectivity index (χ4v) is 4.07. The average molecular weight is 460 g/mol. The minimum atomic E-state index is -0.354. The van der Waals surface area contributed by atoms with Gasteiger partial charge >= 0.3 is 0 Å². The van der Waals surface area contributed by atoms with Crippen molar-refractivity contribution in [1.82, 2.24) is 9.80 Å². The molecule has 3 aromatic carbocycles. The number of ether oxygens (including phenoxy) is 1. The highest BCUT2D eigenvalue weighted by Gasteiger charge is 2.32. The summed E-state index contributed by atoms with van der Waals surface area (Å²) in [5.41, 5.74) is 1.55. The molecule has 1 aliphatic heterocycles. The smallest absolute Gasteiger partial charge is 0.261 e. The zero-order valence-electron chi connectivity index (χ0n) is 19.0. The molecular formula is C26H25N3O5. The monoisotopic (exact) mass is 459 g/mol. The van der Waals surface area contributed by atoms with Crippen LogP contribution in [0.3, 0.4) is 0 Å². The van der Waals surface area contributed by atoms with Crippen LogP contribution in [0.5, 0.6) is 5.75 Å². The Balaban J connectivity index is 1.31. The van der Waals surface area contributed by atoms with Crippen molar-refractivity contribution in [2.24, 2.45) is 0 Å². The normalized spacial score (nSPS) is 12.6. The summed E-state index contributed by atoms with van der Waals surface area (Å²) in [6.07, 6.45) is 0.405. The van der Waals surface area contributed by atoms with Crippen LogP contribution in [0.1, 0.15) is 33.6 Å². The van der Waals surface area contributed by atoms with E-state index in [4.69, 9.17) is 4.74 Å². The second-order valence-electron chi connectivity index (χ2n) is 8.10. The first kappa shape index (κ1) is 23.0. The van der Waals surface area contributed by atoms with Gasteiger partial charge in [-0.2, -0.15) is 0 Å². The predicted octanol–water partition coefficient (Wildman–Crippen LogP) is 3.32. The van der Waals surface area contributed by atoms with Crippen LogP contribution in [0, 0.1) is 0 Å². The van der Waals surface area contributed by atoms with Gasteiger partial charge in [-0.1, -0.05) is 30.3 Å². The van der Waals surface area contributed by atoms with Crippen molar-refractivity contribution in [3.8, 4) is 5.75 Å². The molecule has 0 radical (unpaired) electrons. The number of hydrogen-bond donors (Lipinski definition) is 1. The first-order valence-corrected chi connectivity index (χ1v) is 10.9. The minimum Gasteiger partial charge on any atom is -0.497 e. The van der Waals surface area contributed by atoms with Crippen molar-refractivity contribution >= 4 is 40.1 Å². The van der Waals surface area contributed by atoms with E-state index in [0.29, 0.717) is 34.4 Å². The molecule has 0 fully saturated rings. The number of benzene rings is 3. The van der Waals surface area contributed by atoms with Gasteiger partial charge in [0.25, 0.3) is 11.8 Å². The van der Waals surface area contributed by atoms with Gasteiger partial charge in [0.05, 0.1) is 13.7 Å². The third-order valence-corrected chi connectivity index (χ3v) is 5.79. The number of anilines is 1. The first-order chi connectivity index (χ1) is 16.4. The lowest BCUT2D eigenvalue weighted by atomic mass is 9.94. The van der Waals surface area contributed by atoms with Crippen molar-refractivity contribution in [2.75, 3.05) is 32.6 Å². The Morgan fingerprint density at radius 3 is 2.26 bits per heavy atom. The fraction of sp³-hybridized carbons (Fsp3) is 0.231. The van der Waals surface area contributed by atoms with Crippen LogP contribution in [-0.4, -0.2) is 60.7 Å². The number of carbonyl (C=O) groups is 4. The lowest BCUT2D eigenvalue weighted by molar-refractivity contribution is -0.133. The Kier molecular flexibility index (Phi) is 6.58. The molecule has 0 saturated heterocycles. The number of hydrogen-bond acceptors (Lipinski definition) is 5. The van der Waals surface area contributed by atoms with Gasteiger partial charge in [0.2, 0.25) is 11.8 Å². The van der Waals surface area contributed by atoms with E-state index in [-0.39, 0.29) is 43.1 Å². The van der Waals surface area contributed by atoms with Crippen LogP contribution >= 0.6 is 0 Å². The minimum absolute atomic E-state index is 0.103. The Morgan fingerprint density at radius 1 is 0.971 bits per heavy atom. The number of rotatable bonds is 8. The summed E-state index contributed by atoms with van der Waals surface area (Å²) in [5, 5.41) is 4.25. The quantitative estimate of drug-likeness (QED) is 0.522. The molecule has 174 valence electrons. The van der Waals surface area contributed by atoms with Crippen molar-refractivity contribution in [3.63, 3.8) is 0 Å². The Labute approximate surface area is 197 Å². The van der Waals surface area contributed by atoms with E-state index in [0.717, 1.165) is 5.39 Å².